The van der Waals surface area contributed by atoms with Gasteiger partial charge in [0, 0.05) is 5.56 Å². The molecule has 0 unspecified atom stereocenters. The van der Waals surface area contributed by atoms with Gasteiger partial charge in [0.2, 0.25) is 5.89 Å². The van der Waals surface area contributed by atoms with Crippen LogP contribution < -0.4 is 0 Å². The van der Waals surface area contributed by atoms with Gasteiger partial charge in [0.1, 0.15) is 22.7 Å². The Labute approximate surface area is 146 Å². The molecule has 1 aromatic heterocycles. The topological polar surface area (TPSA) is 26.0 Å². The number of benzene rings is 2. The molecular formula is C21H23F2NO. The quantitative estimate of drug-likeness (QED) is 0.513. The van der Waals surface area contributed by atoms with E-state index in [1.54, 1.807) is 0 Å². The third-order valence-corrected chi connectivity index (χ3v) is 4.34. The van der Waals surface area contributed by atoms with Gasteiger partial charge in [-0.3, -0.25) is 0 Å². The van der Waals surface area contributed by atoms with Crippen LogP contribution in [0.5, 0.6) is 0 Å². The first-order valence-electron chi connectivity index (χ1n) is 8.38. The van der Waals surface area contributed by atoms with Crippen molar-refractivity contribution in [1.29, 1.82) is 0 Å². The molecule has 0 aliphatic carbocycles. The predicted octanol–water partition coefficient (Wildman–Crippen LogP) is 6.37. The molecular weight excluding hydrogens is 320 g/mol. The lowest BCUT2D eigenvalue weighted by atomic mass is 9.80. The van der Waals surface area contributed by atoms with Crippen molar-refractivity contribution in [2.75, 3.05) is 0 Å². The molecule has 0 amide bonds. The molecule has 0 aliphatic rings. The largest absolute Gasteiger partial charge is 0.436 e. The first-order valence-corrected chi connectivity index (χ1v) is 8.38. The summed E-state index contributed by atoms with van der Waals surface area (Å²) in [6.45, 7) is 12.6. The Hall–Kier alpha value is -2.23. The second-order valence-corrected chi connectivity index (χ2v) is 8.49. The van der Waals surface area contributed by atoms with Gasteiger partial charge in [0.15, 0.2) is 5.58 Å². The van der Waals surface area contributed by atoms with Crippen LogP contribution in [0.2, 0.25) is 0 Å². The summed E-state index contributed by atoms with van der Waals surface area (Å²) in [7, 11) is 0. The van der Waals surface area contributed by atoms with Crippen LogP contribution in [-0.2, 0) is 10.8 Å². The van der Waals surface area contributed by atoms with Gasteiger partial charge in [-0.1, -0.05) is 53.7 Å². The van der Waals surface area contributed by atoms with E-state index in [0.29, 0.717) is 11.1 Å². The standard InChI is InChI=1S/C21H23F2NO/c1-20(2,3)12-10-13(21(4,5)6)18-16(11-12)24-19(25-18)17-14(22)8-7-9-15(17)23/h7-11H,1-6H3. The molecule has 0 saturated heterocycles. The molecule has 1 heterocycles. The Morgan fingerprint density at radius 2 is 1.48 bits per heavy atom. The molecule has 0 fully saturated rings. The highest BCUT2D eigenvalue weighted by atomic mass is 19.1. The maximum atomic E-state index is 14.1. The van der Waals surface area contributed by atoms with Crippen LogP contribution in [0, 0.1) is 11.6 Å². The van der Waals surface area contributed by atoms with Crippen molar-refractivity contribution in [2.24, 2.45) is 0 Å². The van der Waals surface area contributed by atoms with Crippen LogP contribution >= 0.6 is 0 Å². The van der Waals surface area contributed by atoms with Gasteiger partial charge in [-0.05, 0) is 34.6 Å². The number of nitrogens with zero attached hydrogens (tertiary/aromatic N) is 1. The molecule has 25 heavy (non-hydrogen) atoms. The number of halogens is 2. The molecule has 0 saturated carbocycles. The van der Waals surface area contributed by atoms with Crippen molar-refractivity contribution < 1.29 is 13.2 Å². The Morgan fingerprint density at radius 1 is 0.880 bits per heavy atom. The molecule has 3 rings (SSSR count). The number of rotatable bonds is 1. The number of hydrogen-bond donors (Lipinski definition) is 0. The van der Waals surface area contributed by atoms with Crippen molar-refractivity contribution in [3.05, 3.63) is 53.1 Å². The highest BCUT2D eigenvalue weighted by Gasteiger charge is 2.26. The third-order valence-electron chi connectivity index (χ3n) is 4.34. The Kier molecular flexibility index (Phi) is 3.98. The number of hydrogen-bond acceptors (Lipinski definition) is 2. The van der Waals surface area contributed by atoms with Crippen molar-refractivity contribution >= 4 is 11.1 Å². The Morgan fingerprint density at radius 3 is 2.00 bits per heavy atom. The average molecular weight is 343 g/mol. The summed E-state index contributed by atoms with van der Waals surface area (Å²) in [6.07, 6.45) is 0. The first kappa shape index (κ1) is 17.6. The molecule has 2 aromatic carbocycles. The minimum absolute atomic E-state index is 0.0258. The fraction of sp³-hybridized carbons (Fsp3) is 0.381. The SMILES string of the molecule is CC(C)(C)c1cc(C(C)(C)C)c2oc(-c3c(F)cccc3F)nc2c1. The summed E-state index contributed by atoms with van der Waals surface area (Å²) in [6, 6.07) is 7.79. The first-order chi connectivity index (χ1) is 11.5. The van der Waals surface area contributed by atoms with Crippen LogP contribution in [0.3, 0.4) is 0 Å². The van der Waals surface area contributed by atoms with Gasteiger partial charge >= 0.3 is 0 Å². The fourth-order valence-electron chi connectivity index (χ4n) is 2.83. The summed E-state index contributed by atoms with van der Waals surface area (Å²) >= 11 is 0. The van der Waals surface area contributed by atoms with E-state index in [-0.39, 0.29) is 22.3 Å². The molecule has 0 atom stereocenters. The second-order valence-electron chi connectivity index (χ2n) is 8.49. The van der Waals surface area contributed by atoms with E-state index in [1.165, 1.54) is 18.2 Å². The lowest BCUT2D eigenvalue weighted by molar-refractivity contribution is 0.541. The van der Waals surface area contributed by atoms with E-state index >= 15 is 0 Å². The van der Waals surface area contributed by atoms with E-state index in [1.807, 2.05) is 6.07 Å². The summed E-state index contributed by atoms with van der Waals surface area (Å²) in [5.74, 6) is -1.39. The van der Waals surface area contributed by atoms with Crippen molar-refractivity contribution in [2.45, 2.75) is 52.4 Å². The number of oxazole rings is 1. The minimum atomic E-state index is -0.681. The monoisotopic (exact) mass is 343 g/mol. The van der Waals surface area contributed by atoms with E-state index in [9.17, 15) is 8.78 Å². The maximum Gasteiger partial charge on any atom is 0.233 e. The highest BCUT2D eigenvalue weighted by molar-refractivity contribution is 5.81. The minimum Gasteiger partial charge on any atom is -0.436 e. The lowest BCUT2D eigenvalue weighted by Gasteiger charge is -2.24. The van der Waals surface area contributed by atoms with Gasteiger partial charge < -0.3 is 4.42 Å². The van der Waals surface area contributed by atoms with Gasteiger partial charge in [-0.2, -0.15) is 0 Å². The fourth-order valence-corrected chi connectivity index (χ4v) is 2.83. The zero-order chi connectivity index (χ0) is 18.6. The van der Waals surface area contributed by atoms with E-state index in [0.717, 1.165) is 11.1 Å². The zero-order valence-corrected chi connectivity index (χ0v) is 15.5. The summed E-state index contributed by atoms with van der Waals surface area (Å²) < 4.78 is 34.1. The van der Waals surface area contributed by atoms with Gasteiger partial charge in [-0.25, -0.2) is 13.8 Å². The van der Waals surface area contributed by atoms with Crippen LogP contribution in [0.1, 0.15) is 52.7 Å². The van der Waals surface area contributed by atoms with Gasteiger partial charge in [0.05, 0.1) is 0 Å². The molecule has 0 aliphatic heterocycles. The van der Waals surface area contributed by atoms with Crippen molar-refractivity contribution in [3.63, 3.8) is 0 Å². The predicted molar refractivity (Wildman–Crippen MR) is 96.8 cm³/mol. The van der Waals surface area contributed by atoms with E-state index < -0.39 is 11.6 Å². The highest BCUT2D eigenvalue weighted by Crippen LogP contribution is 2.38. The molecule has 3 aromatic rings. The molecule has 0 radical (unpaired) electrons. The molecule has 2 nitrogen and oxygen atoms in total. The van der Waals surface area contributed by atoms with Crippen LogP contribution in [0.15, 0.2) is 34.7 Å². The zero-order valence-electron chi connectivity index (χ0n) is 15.5. The number of aromatic nitrogens is 1. The van der Waals surface area contributed by atoms with Crippen molar-refractivity contribution in [1.82, 2.24) is 4.98 Å². The van der Waals surface area contributed by atoms with E-state index in [4.69, 9.17) is 4.42 Å². The third kappa shape index (κ3) is 3.17. The van der Waals surface area contributed by atoms with Crippen LogP contribution in [-0.4, -0.2) is 4.98 Å². The molecule has 4 heteroatoms. The Bertz CT molecular complexity index is 923. The van der Waals surface area contributed by atoms with E-state index in [2.05, 4.69) is 52.6 Å². The molecule has 0 N–H and O–H groups in total. The summed E-state index contributed by atoms with van der Waals surface area (Å²) in [4.78, 5) is 4.41. The second kappa shape index (κ2) is 5.65. The summed E-state index contributed by atoms with van der Waals surface area (Å²) in [5, 5.41) is 0. The average Bonchev–Trinajstić information content (AvgIpc) is 2.87. The molecule has 132 valence electrons. The van der Waals surface area contributed by atoms with Crippen LogP contribution in [0.25, 0.3) is 22.6 Å². The van der Waals surface area contributed by atoms with Gasteiger partial charge in [0.25, 0.3) is 0 Å². The molecule has 0 bridgehead atoms. The summed E-state index contributed by atoms with van der Waals surface area (Å²) in [5.41, 5.74) is 2.80. The Balaban J connectivity index is 2.34. The smallest absolute Gasteiger partial charge is 0.233 e. The maximum absolute atomic E-state index is 14.1. The van der Waals surface area contributed by atoms with Crippen LogP contribution in [0.4, 0.5) is 8.78 Å². The van der Waals surface area contributed by atoms with Crippen molar-refractivity contribution in [3.8, 4) is 11.5 Å². The normalized spacial score (nSPS) is 12.8. The molecule has 0 spiro atoms. The lowest BCUT2D eigenvalue weighted by Crippen LogP contribution is -2.16. The van der Waals surface area contributed by atoms with Gasteiger partial charge in [-0.15, -0.1) is 0 Å². The number of fused-ring (bicyclic) bond motifs is 1.